The Hall–Kier alpha value is -3.00. The molecule has 0 aromatic heterocycles. The van der Waals surface area contributed by atoms with Gasteiger partial charge in [-0.15, -0.1) is 0 Å². The Morgan fingerprint density at radius 1 is 1.10 bits per heavy atom. The molecule has 0 saturated carbocycles. The fourth-order valence-corrected chi connectivity index (χ4v) is 4.88. The number of carbonyl (C=O) groups is 2. The number of nitrogens with one attached hydrogen (secondary N) is 1. The van der Waals surface area contributed by atoms with Gasteiger partial charge in [0.25, 0.3) is 0 Å². The van der Waals surface area contributed by atoms with Crippen molar-refractivity contribution in [2.75, 3.05) is 13.2 Å². The normalized spacial score (nSPS) is 22.2. The SMILES string of the molecule is CC(C)(C)OC(=O)NC1CCCN(C(=O)OCc2ccccc2)C1COC1CC=C(OS(=O)(=O)C(F)(F)F)CC1. The summed E-state index contributed by atoms with van der Waals surface area (Å²) < 4.78 is 81.5. The molecule has 224 valence electrons. The summed E-state index contributed by atoms with van der Waals surface area (Å²) in [6.45, 7) is 5.62. The molecule has 1 aromatic carbocycles. The van der Waals surface area contributed by atoms with Crippen LogP contribution in [0.2, 0.25) is 0 Å². The molecule has 14 heteroatoms. The topological polar surface area (TPSA) is 120 Å². The van der Waals surface area contributed by atoms with Crippen LogP contribution < -0.4 is 5.32 Å². The average Bonchev–Trinajstić information content (AvgIpc) is 2.86. The van der Waals surface area contributed by atoms with Crippen molar-refractivity contribution in [1.82, 2.24) is 10.2 Å². The van der Waals surface area contributed by atoms with Gasteiger partial charge in [0, 0.05) is 13.0 Å². The maximum absolute atomic E-state index is 13.1. The maximum Gasteiger partial charge on any atom is 0.534 e. The fourth-order valence-electron chi connectivity index (χ4n) is 4.36. The molecule has 1 aliphatic heterocycles. The van der Waals surface area contributed by atoms with Crippen LogP contribution >= 0.6 is 0 Å². The van der Waals surface area contributed by atoms with E-state index >= 15 is 0 Å². The molecule has 3 unspecified atom stereocenters. The third-order valence-electron chi connectivity index (χ3n) is 6.24. The number of carbonyl (C=O) groups excluding carboxylic acids is 2. The molecule has 1 fully saturated rings. The van der Waals surface area contributed by atoms with Crippen molar-refractivity contribution < 1.29 is 49.6 Å². The number of alkyl halides is 3. The summed E-state index contributed by atoms with van der Waals surface area (Å²) in [6.07, 6.45) is 0.943. The van der Waals surface area contributed by atoms with Gasteiger partial charge in [-0.1, -0.05) is 30.3 Å². The summed E-state index contributed by atoms with van der Waals surface area (Å²) in [6, 6.07) is 8.03. The summed E-state index contributed by atoms with van der Waals surface area (Å²) >= 11 is 0. The second kappa shape index (κ2) is 13.1. The van der Waals surface area contributed by atoms with Gasteiger partial charge in [-0.2, -0.15) is 21.6 Å². The molecule has 2 aliphatic rings. The van der Waals surface area contributed by atoms with Gasteiger partial charge >= 0.3 is 27.8 Å². The van der Waals surface area contributed by atoms with E-state index in [-0.39, 0.29) is 38.2 Å². The van der Waals surface area contributed by atoms with Gasteiger partial charge in [0.2, 0.25) is 0 Å². The number of nitrogens with zero attached hydrogens (tertiary/aromatic N) is 1. The first-order valence-corrected chi connectivity index (χ1v) is 14.3. The number of amides is 2. The van der Waals surface area contributed by atoms with Crippen molar-refractivity contribution in [2.45, 2.75) is 88.8 Å². The molecular formula is C26H35F3N2O8S. The van der Waals surface area contributed by atoms with Crippen molar-refractivity contribution in [3.63, 3.8) is 0 Å². The van der Waals surface area contributed by atoms with E-state index in [9.17, 15) is 31.2 Å². The van der Waals surface area contributed by atoms with Crippen LogP contribution in [-0.4, -0.2) is 68.0 Å². The quantitative estimate of drug-likeness (QED) is 0.331. The number of likely N-dealkylation sites (tertiary alicyclic amines) is 1. The van der Waals surface area contributed by atoms with E-state index in [0.717, 1.165) is 5.56 Å². The van der Waals surface area contributed by atoms with Crippen LogP contribution in [-0.2, 0) is 35.1 Å². The molecule has 40 heavy (non-hydrogen) atoms. The largest absolute Gasteiger partial charge is 0.534 e. The monoisotopic (exact) mass is 592 g/mol. The summed E-state index contributed by atoms with van der Waals surface area (Å²) in [4.78, 5) is 27.1. The van der Waals surface area contributed by atoms with Crippen molar-refractivity contribution in [2.24, 2.45) is 0 Å². The van der Waals surface area contributed by atoms with Crippen LogP contribution in [0.5, 0.6) is 0 Å². The first-order chi connectivity index (χ1) is 18.6. The first-order valence-electron chi connectivity index (χ1n) is 12.9. The molecule has 1 saturated heterocycles. The third-order valence-corrected chi connectivity index (χ3v) is 7.25. The highest BCUT2D eigenvalue weighted by molar-refractivity contribution is 7.87. The molecule has 0 bridgehead atoms. The van der Waals surface area contributed by atoms with Crippen molar-refractivity contribution in [3.8, 4) is 0 Å². The Balaban J connectivity index is 1.66. The van der Waals surface area contributed by atoms with Gasteiger partial charge in [-0.05, 0) is 58.1 Å². The minimum absolute atomic E-state index is 0.00352. The second-order valence-corrected chi connectivity index (χ2v) is 12.1. The Labute approximate surface area is 231 Å². The highest BCUT2D eigenvalue weighted by Gasteiger charge is 2.49. The molecule has 1 aromatic rings. The number of halogens is 3. The Morgan fingerprint density at radius 3 is 2.40 bits per heavy atom. The molecule has 1 aliphatic carbocycles. The van der Waals surface area contributed by atoms with Gasteiger partial charge in [-0.3, -0.25) is 0 Å². The van der Waals surface area contributed by atoms with Crippen molar-refractivity contribution in [3.05, 3.63) is 47.7 Å². The molecule has 1 N–H and O–H groups in total. The van der Waals surface area contributed by atoms with E-state index in [0.29, 0.717) is 19.4 Å². The number of piperidine rings is 1. The van der Waals surface area contributed by atoms with Crippen LogP contribution in [0.1, 0.15) is 58.4 Å². The highest BCUT2D eigenvalue weighted by Crippen LogP contribution is 2.31. The molecule has 3 atom stereocenters. The van der Waals surface area contributed by atoms with Crippen molar-refractivity contribution >= 4 is 22.3 Å². The Bertz CT molecular complexity index is 1150. The zero-order valence-electron chi connectivity index (χ0n) is 22.6. The Morgan fingerprint density at radius 2 is 1.80 bits per heavy atom. The van der Waals surface area contributed by atoms with E-state index in [1.165, 1.54) is 11.0 Å². The van der Waals surface area contributed by atoms with E-state index in [4.69, 9.17) is 14.2 Å². The minimum atomic E-state index is -5.74. The number of allylic oxidation sites excluding steroid dienone is 1. The zero-order valence-corrected chi connectivity index (χ0v) is 23.4. The third kappa shape index (κ3) is 9.29. The molecular weight excluding hydrogens is 557 g/mol. The van der Waals surface area contributed by atoms with Gasteiger partial charge in [0.05, 0.1) is 24.8 Å². The van der Waals surface area contributed by atoms with E-state index in [1.54, 1.807) is 20.8 Å². The number of alkyl carbamates (subject to hydrolysis) is 1. The van der Waals surface area contributed by atoms with Gasteiger partial charge in [0.1, 0.15) is 18.0 Å². The predicted octanol–water partition coefficient (Wildman–Crippen LogP) is 5.00. The summed E-state index contributed by atoms with van der Waals surface area (Å²) in [5, 5.41) is 2.82. The lowest BCUT2D eigenvalue weighted by Crippen LogP contribution is -2.59. The zero-order chi connectivity index (χ0) is 29.6. The van der Waals surface area contributed by atoms with Crippen molar-refractivity contribution in [1.29, 1.82) is 0 Å². The number of hydrogen-bond acceptors (Lipinski definition) is 8. The van der Waals surface area contributed by atoms with Crippen LogP contribution in [0.15, 0.2) is 42.2 Å². The highest BCUT2D eigenvalue weighted by atomic mass is 32.2. The van der Waals surface area contributed by atoms with E-state index in [1.807, 2.05) is 30.3 Å². The molecule has 2 amide bonds. The van der Waals surface area contributed by atoms with Crippen LogP contribution in [0.3, 0.4) is 0 Å². The fraction of sp³-hybridized carbons (Fsp3) is 0.615. The number of ether oxygens (including phenoxy) is 3. The molecule has 0 radical (unpaired) electrons. The summed E-state index contributed by atoms with van der Waals surface area (Å²) in [5.41, 5.74) is -5.44. The maximum atomic E-state index is 13.1. The molecule has 0 spiro atoms. The smallest absolute Gasteiger partial charge is 0.445 e. The summed E-state index contributed by atoms with van der Waals surface area (Å²) in [5.74, 6) is -0.301. The second-order valence-electron chi connectivity index (χ2n) is 10.6. The number of rotatable bonds is 8. The molecule has 10 nitrogen and oxygen atoms in total. The van der Waals surface area contributed by atoms with E-state index in [2.05, 4.69) is 9.50 Å². The Kier molecular flexibility index (Phi) is 10.3. The number of hydrogen-bond donors (Lipinski definition) is 1. The van der Waals surface area contributed by atoms with Crippen LogP contribution in [0.25, 0.3) is 0 Å². The lowest BCUT2D eigenvalue weighted by Gasteiger charge is -2.41. The van der Waals surface area contributed by atoms with Gasteiger partial charge < -0.3 is 28.6 Å². The van der Waals surface area contributed by atoms with Crippen LogP contribution in [0, 0.1) is 0 Å². The molecule has 3 rings (SSSR count). The van der Waals surface area contributed by atoms with E-state index < -0.39 is 51.6 Å². The first kappa shape index (κ1) is 31.5. The number of benzene rings is 1. The lowest BCUT2D eigenvalue weighted by molar-refractivity contribution is -0.0529. The molecule has 1 heterocycles. The minimum Gasteiger partial charge on any atom is -0.445 e. The average molecular weight is 593 g/mol. The lowest BCUT2D eigenvalue weighted by atomic mass is 9.96. The summed E-state index contributed by atoms with van der Waals surface area (Å²) in [7, 11) is -5.74. The standard InChI is InChI=1S/C26H35F3N2O8S/c1-25(2,3)38-23(32)30-21-10-7-15-31(24(33)37-16-18-8-5-4-6-9-18)22(21)17-36-19-11-13-20(14-12-19)39-40(34,35)26(27,28)29/h4-6,8-9,13,19,21-22H,7,10-12,14-17H2,1-3H3,(H,30,32). The van der Waals surface area contributed by atoms with Crippen LogP contribution in [0.4, 0.5) is 22.8 Å². The van der Waals surface area contributed by atoms with Gasteiger partial charge in [-0.25, -0.2) is 9.59 Å². The predicted molar refractivity (Wildman–Crippen MR) is 137 cm³/mol. The van der Waals surface area contributed by atoms with Gasteiger partial charge in [0.15, 0.2) is 0 Å².